The third-order valence-electron chi connectivity index (χ3n) is 3.20. The molecule has 2 rings (SSSR count). The number of esters is 1. The molecule has 0 spiro atoms. The number of nitrogens with zero attached hydrogens (tertiary/aromatic N) is 1. The van der Waals surface area contributed by atoms with Crippen LogP contribution in [0.5, 0.6) is 5.75 Å². The van der Waals surface area contributed by atoms with Crippen LogP contribution in [0.2, 0.25) is 0 Å². The van der Waals surface area contributed by atoms with Crippen LogP contribution < -0.4 is 10.5 Å². The second-order valence-electron chi connectivity index (χ2n) is 4.78. The standard InChI is InChI=1S/C15H16N2O4.BrH/c1-3-15(16,14(19)20)9-17-8-13(21-10(2)18)11-6-4-5-7-12(11)17;/h3-8H,1,9,16H2,2H3,(H,19,20);1H. The largest absolute Gasteiger partial charge is 0.480 e. The van der Waals surface area contributed by atoms with Gasteiger partial charge in [0, 0.05) is 18.5 Å². The van der Waals surface area contributed by atoms with Gasteiger partial charge >= 0.3 is 11.9 Å². The van der Waals surface area contributed by atoms with Crippen LogP contribution in [0, 0.1) is 0 Å². The van der Waals surface area contributed by atoms with Gasteiger partial charge in [-0.1, -0.05) is 18.2 Å². The number of aromatic nitrogens is 1. The molecule has 0 saturated carbocycles. The summed E-state index contributed by atoms with van der Waals surface area (Å²) < 4.78 is 6.79. The molecule has 22 heavy (non-hydrogen) atoms. The first kappa shape index (κ1) is 17.9. The van der Waals surface area contributed by atoms with E-state index >= 15 is 0 Å². The quantitative estimate of drug-likeness (QED) is 0.622. The topological polar surface area (TPSA) is 94.5 Å². The predicted molar refractivity (Wildman–Crippen MR) is 88.3 cm³/mol. The molecule has 0 aliphatic carbocycles. The summed E-state index contributed by atoms with van der Waals surface area (Å²) in [6.07, 6.45) is 2.76. The molecule has 118 valence electrons. The van der Waals surface area contributed by atoms with Crippen LogP contribution in [0.3, 0.4) is 0 Å². The predicted octanol–water partition coefficient (Wildman–Crippen LogP) is 2.11. The molecule has 1 atom stereocenters. The first-order valence-corrected chi connectivity index (χ1v) is 6.29. The number of carbonyl (C=O) groups excluding carboxylic acids is 1. The van der Waals surface area contributed by atoms with Crippen LogP contribution in [-0.4, -0.2) is 27.2 Å². The summed E-state index contributed by atoms with van der Waals surface area (Å²) in [5.41, 5.74) is 4.95. The molecule has 0 bridgehead atoms. The number of carboxylic acids is 1. The molecule has 0 amide bonds. The lowest BCUT2D eigenvalue weighted by molar-refractivity contribution is -0.142. The van der Waals surface area contributed by atoms with E-state index in [1.807, 2.05) is 6.07 Å². The number of hydrogen-bond acceptors (Lipinski definition) is 4. The maximum atomic E-state index is 11.3. The lowest BCUT2D eigenvalue weighted by Crippen LogP contribution is -2.49. The fourth-order valence-corrected chi connectivity index (χ4v) is 2.08. The van der Waals surface area contributed by atoms with E-state index in [0.29, 0.717) is 11.1 Å². The molecular formula is C15H17BrN2O4. The average Bonchev–Trinajstić information content (AvgIpc) is 2.76. The first-order valence-electron chi connectivity index (χ1n) is 6.29. The number of carbonyl (C=O) groups is 2. The highest BCUT2D eigenvalue weighted by atomic mass is 79.9. The molecule has 0 saturated heterocycles. The Hall–Kier alpha value is -2.12. The maximum Gasteiger partial charge on any atom is 0.329 e. The fraction of sp³-hybridized carbons (Fsp3) is 0.200. The van der Waals surface area contributed by atoms with Gasteiger partial charge in [-0.25, -0.2) is 4.79 Å². The van der Waals surface area contributed by atoms with E-state index in [1.54, 1.807) is 29.0 Å². The van der Waals surface area contributed by atoms with E-state index in [0.717, 1.165) is 5.52 Å². The SMILES string of the molecule is Br.C=CC(N)(Cn1cc(OC(C)=O)c2ccccc21)C(=O)O. The van der Waals surface area contributed by atoms with Gasteiger partial charge in [0.2, 0.25) is 0 Å². The third kappa shape index (κ3) is 3.37. The summed E-state index contributed by atoms with van der Waals surface area (Å²) in [5.74, 6) is -1.25. The Bertz CT molecular complexity index is 725. The van der Waals surface area contributed by atoms with E-state index in [2.05, 4.69) is 6.58 Å². The monoisotopic (exact) mass is 368 g/mol. The van der Waals surface area contributed by atoms with Gasteiger partial charge in [-0.3, -0.25) is 4.79 Å². The van der Waals surface area contributed by atoms with Gasteiger partial charge in [-0.2, -0.15) is 0 Å². The van der Waals surface area contributed by atoms with Crippen LogP contribution in [-0.2, 0) is 16.1 Å². The summed E-state index contributed by atoms with van der Waals surface area (Å²) in [5, 5.41) is 9.94. The highest BCUT2D eigenvalue weighted by molar-refractivity contribution is 8.93. The number of para-hydroxylation sites is 1. The third-order valence-corrected chi connectivity index (χ3v) is 3.20. The molecule has 0 aliphatic heterocycles. The van der Waals surface area contributed by atoms with Crippen LogP contribution in [0.1, 0.15) is 6.92 Å². The summed E-state index contributed by atoms with van der Waals surface area (Å²) >= 11 is 0. The molecular weight excluding hydrogens is 352 g/mol. The summed E-state index contributed by atoms with van der Waals surface area (Å²) in [6.45, 7) is 4.77. The Kier molecular flexibility index (Phi) is 5.51. The van der Waals surface area contributed by atoms with Gasteiger partial charge in [0.1, 0.15) is 0 Å². The van der Waals surface area contributed by atoms with Gasteiger partial charge in [-0.15, -0.1) is 23.6 Å². The Morgan fingerprint density at radius 2 is 2.09 bits per heavy atom. The van der Waals surface area contributed by atoms with Crippen molar-refractivity contribution >= 4 is 39.8 Å². The zero-order chi connectivity index (χ0) is 15.6. The zero-order valence-corrected chi connectivity index (χ0v) is 13.7. The molecule has 6 nitrogen and oxygen atoms in total. The van der Waals surface area contributed by atoms with E-state index < -0.39 is 17.5 Å². The van der Waals surface area contributed by atoms with E-state index in [4.69, 9.17) is 10.5 Å². The molecule has 1 aromatic heterocycles. The summed E-state index contributed by atoms with van der Waals surface area (Å²) in [6, 6.07) is 7.20. The molecule has 1 aromatic carbocycles. The Morgan fingerprint density at radius 1 is 1.45 bits per heavy atom. The number of ether oxygens (including phenoxy) is 1. The van der Waals surface area contributed by atoms with Gasteiger partial charge < -0.3 is 20.1 Å². The van der Waals surface area contributed by atoms with Crippen molar-refractivity contribution in [1.29, 1.82) is 0 Å². The molecule has 3 N–H and O–H groups in total. The molecule has 1 unspecified atom stereocenters. The number of hydrogen-bond donors (Lipinski definition) is 2. The lowest BCUT2D eigenvalue weighted by Gasteiger charge is -2.21. The normalized spacial score (nSPS) is 13.0. The van der Waals surface area contributed by atoms with Crippen molar-refractivity contribution in [3.8, 4) is 5.75 Å². The van der Waals surface area contributed by atoms with Crippen molar-refractivity contribution < 1.29 is 19.4 Å². The molecule has 1 heterocycles. The van der Waals surface area contributed by atoms with Crippen LogP contribution in [0.15, 0.2) is 43.1 Å². The Morgan fingerprint density at radius 3 is 2.64 bits per heavy atom. The number of aliphatic carboxylic acids is 1. The fourth-order valence-electron chi connectivity index (χ4n) is 2.08. The zero-order valence-electron chi connectivity index (χ0n) is 12.0. The van der Waals surface area contributed by atoms with Crippen molar-refractivity contribution in [2.75, 3.05) is 0 Å². The minimum atomic E-state index is -1.60. The van der Waals surface area contributed by atoms with Crippen LogP contribution in [0.25, 0.3) is 10.9 Å². The van der Waals surface area contributed by atoms with Gasteiger partial charge in [-0.05, 0) is 12.1 Å². The summed E-state index contributed by atoms with van der Waals surface area (Å²) in [7, 11) is 0. The van der Waals surface area contributed by atoms with Crippen LogP contribution in [0.4, 0.5) is 0 Å². The molecule has 0 radical (unpaired) electrons. The molecule has 2 aromatic rings. The number of carboxylic acid groups (broad SMARTS) is 1. The highest BCUT2D eigenvalue weighted by Crippen LogP contribution is 2.29. The van der Waals surface area contributed by atoms with E-state index in [-0.39, 0.29) is 23.5 Å². The lowest BCUT2D eigenvalue weighted by atomic mass is 10.0. The van der Waals surface area contributed by atoms with Gasteiger partial charge in [0.25, 0.3) is 0 Å². The maximum absolute atomic E-state index is 11.3. The average molecular weight is 369 g/mol. The highest BCUT2D eigenvalue weighted by Gasteiger charge is 2.31. The minimum absolute atomic E-state index is 0. The van der Waals surface area contributed by atoms with Gasteiger partial charge in [0.05, 0.1) is 12.1 Å². The summed E-state index contributed by atoms with van der Waals surface area (Å²) in [4.78, 5) is 22.4. The number of rotatable bonds is 5. The van der Waals surface area contributed by atoms with E-state index in [1.165, 1.54) is 13.0 Å². The second-order valence-corrected chi connectivity index (χ2v) is 4.78. The van der Waals surface area contributed by atoms with Crippen molar-refractivity contribution in [3.05, 3.63) is 43.1 Å². The Labute approximate surface area is 137 Å². The minimum Gasteiger partial charge on any atom is -0.480 e. The molecule has 0 aliphatic rings. The second kappa shape index (κ2) is 6.76. The number of halogens is 1. The molecule has 7 heteroatoms. The Balaban J connectivity index is 0.00000242. The van der Waals surface area contributed by atoms with Crippen molar-refractivity contribution in [3.63, 3.8) is 0 Å². The number of fused-ring (bicyclic) bond motifs is 1. The van der Waals surface area contributed by atoms with Crippen molar-refractivity contribution in [2.45, 2.75) is 19.0 Å². The van der Waals surface area contributed by atoms with Crippen molar-refractivity contribution in [2.24, 2.45) is 5.73 Å². The smallest absolute Gasteiger partial charge is 0.329 e. The molecule has 0 fully saturated rings. The number of benzene rings is 1. The van der Waals surface area contributed by atoms with Crippen LogP contribution >= 0.6 is 17.0 Å². The first-order chi connectivity index (χ1) is 9.87. The van der Waals surface area contributed by atoms with E-state index in [9.17, 15) is 14.7 Å². The number of nitrogens with two attached hydrogens (primary N) is 1. The van der Waals surface area contributed by atoms with Crippen molar-refractivity contribution in [1.82, 2.24) is 4.57 Å². The van der Waals surface area contributed by atoms with Gasteiger partial charge in [0.15, 0.2) is 11.3 Å².